The number of carbonyl (C=O) groups is 1. The van der Waals surface area contributed by atoms with E-state index in [-0.39, 0.29) is 5.91 Å². The molecule has 0 aliphatic rings. The molecule has 2 N–H and O–H groups in total. The average molecular weight is 290 g/mol. The molecule has 0 fully saturated rings. The molecule has 5 heteroatoms. The van der Waals surface area contributed by atoms with Gasteiger partial charge in [0.2, 0.25) is 5.91 Å². The first-order valence-electron chi connectivity index (χ1n) is 6.32. The van der Waals surface area contributed by atoms with Crippen LogP contribution < -0.4 is 15.4 Å². The second kappa shape index (κ2) is 6.43. The first kappa shape index (κ1) is 14.4. The van der Waals surface area contributed by atoms with E-state index in [2.05, 4.69) is 10.6 Å². The summed E-state index contributed by atoms with van der Waals surface area (Å²) in [7, 11) is 1.66. The van der Waals surface area contributed by atoms with Crippen LogP contribution in [0, 0.1) is 6.92 Å². The van der Waals surface area contributed by atoms with Crippen molar-refractivity contribution in [2.75, 3.05) is 17.7 Å². The molecule has 0 spiro atoms. The maximum Gasteiger partial charge on any atom is 0.221 e. The van der Waals surface area contributed by atoms with Crippen molar-refractivity contribution < 1.29 is 9.53 Å². The number of rotatable bonds is 5. The predicted octanol–water partition coefficient (Wildman–Crippen LogP) is 3.64. The molecule has 0 aliphatic carbocycles. The molecule has 0 atom stereocenters. The number of amides is 1. The average Bonchev–Trinajstić information content (AvgIpc) is 2.83. The molecule has 106 valence electrons. The van der Waals surface area contributed by atoms with E-state index in [1.54, 1.807) is 18.4 Å². The van der Waals surface area contributed by atoms with Gasteiger partial charge in [-0.25, -0.2) is 0 Å². The Kier molecular flexibility index (Phi) is 4.63. The minimum Gasteiger partial charge on any atom is -0.495 e. The van der Waals surface area contributed by atoms with Crippen molar-refractivity contribution in [3.63, 3.8) is 0 Å². The maximum absolute atomic E-state index is 11.1. The predicted molar refractivity (Wildman–Crippen MR) is 83.7 cm³/mol. The highest BCUT2D eigenvalue weighted by Gasteiger charge is 2.07. The number of nitrogens with one attached hydrogen (secondary N) is 2. The molecule has 2 rings (SSSR count). The normalized spacial score (nSPS) is 10.2. The second-order valence-corrected chi connectivity index (χ2v) is 5.50. The first-order chi connectivity index (χ1) is 9.60. The minimum atomic E-state index is -0.0576. The van der Waals surface area contributed by atoms with Crippen LogP contribution in [0.15, 0.2) is 29.6 Å². The van der Waals surface area contributed by atoms with Gasteiger partial charge in [0.05, 0.1) is 25.0 Å². The van der Waals surface area contributed by atoms with E-state index in [1.165, 1.54) is 12.5 Å². The van der Waals surface area contributed by atoms with E-state index >= 15 is 0 Å². The Hall–Kier alpha value is -2.01. The summed E-state index contributed by atoms with van der Waals surface area (Å²) in [6.07, 6.45) is 0. The Morgan fingerprint density at radius 2 is 2.10 bits per heavy atom. The van der Waals surface area contributed by atoms with E-state index in [0.29, 0.717) is 6.54 Å². The van der Waals surface area contributed by atoms with Gasteiger partial charge < -0.3 is 15.4 Å². The van der Waals surface area contributed by atoms with Crippen molar-refractivity contribution in [3.05, 3.63) is 40.1 Å². The molecule has 20 heavy (non-hydrogen) atoms. The van der Waals surface area contributed by atoms with Crippen LogP contribution in [0.1, 0.15) is 17.4 Å². The van der Waals surface area contributed by atoms with Crippen LogP contribution in [0.25, 0.3) is 0 Å². The van der Waals surface area contributed by atoms with E-state index in [9.17, 15) is 4.79 Å². The minimum absolute atomic E-state index is 0.0576. The number of benzene rings is 1. The number of methoxy groups -OCH3 is 1. The Labute approximate surface area is 122 Å². The van der Waals surface area contributed by atoms with Gasteiger partial charge >= 0.3 is 0 Å². The number of hydrogen-bond acceptors (Lipinski definition) is 4. The molecule has 0 aliphatic heterocycles. The van der Waals surface area contributed by atoms with E-state index in [0.717, 1.165) is 22.0 Å². The van der Waals surface area contributed by atoms with Crippen molar-refractivity contribution in [1.82, 2.24) is 0 Å². The van der Waals surface area contributed by atoms with Crippen LogP contribution in [0.4, 0.5) is 11.4 Å². The van der Waals surface area contributed by atoms with E-state index < -0.39 is 0 Å². The number of anilines is 2. The fourth-order valence-electron chi connectivity index (χ4n) is 1.91. The molecule has 0 saturated carbocycles. The zero-order valence-electron chi connectivity index (χ0n) is 11.8. The number of ether oxygens (including phenoxy) is 1. The summed E-state index contributed by atoms with van der Waals surface area (Å²) in [6, 6.07) is 7.92. The monoisotopic (exact) mass is 290 g/mol. The van der Waals surface area contributed by atoms with Gasteiger partial charge in [0.1, 0.15) is 5.75 Å². The highest BCUT2D eigenvalue weighted by atomic mass is 32.1. The fourth-order valence-corrected chi connectivity index (χ4v) is 2.68. The molecule has 2 aromatic rings. The summed E-state index contributed by atoms with van der Waals surface area (Å²) in [6.45, 7) is 4.20. The van der Waals surface area contributed by atoms with Gasteiger partial charge in [0.25, 0.3) is 0 Å². The second-order valence-electron chi connectivity index (χ2n) is 4.50. The molecule has 0 unspecified atom stereocenters. The van der Waals surface area contributed by atoms with Crippen LogP contribution in [0.2, 0.25) is 0 Å². The van der Waals surface area contributed by atoms with Gasteiger partial charge in [-0.05, 0) is 36.1 Å². The van der Waals surface area contributed by atoms with Crippen LogP contribution in [-0.2, 0) is 11.3 Å². The lowest BCUT2D eigenvalue weighted by Gasteiger charge is -2.12. The number of thiophene rings is 1. The van der Waals surface area contributed by atoms with Gasteiger partial charge in [0, 0.05) is 11.8 Å². The third kappa shape index (κ3) is 3.51. The lowest BCUT2D eigenvalue weighted by molar-refractivity contribution is -0.114. The summed E-state index contributed by atoms with van der Waals surface area (Å²) in [5.74, 6) is 0.756. The van der Waals surface area contributed by atoms with Crippen LogP contribution >= 0.6 is 11.3 Å². The van der Waals surface area contributed by atoms with E-state index in [4.69, 9.17) is 4.74 Å². The SMILES string of the molecule is COc1ccc(C)cc1NCc1sccc1NC(C)=O. The summed E-state index contributed by atoms with van der Waals surface area (Å²) in [5, 5.41) is 8.15. The Morgan fingerprint density at radius 1 is 1.30 bits per heavy atom. The van der Waals surface area contributed by atoms with Gasteiger partial charge in [0.15, 0.2) is 0 Å². The molecular formula is C15H18N2O2S. The number of aryl methyl sites for hydroxylation is 1. The molecule has 1 aromatic heterocycles. The van der Waals surface area contributed by atoms with Crippen LogP contribution in [-0.4, -0.2) is 13.0 Å². The van der Waals surface area contributed by atoms with Crippen LogP contribution in [0.5, 0.6) is 5.75 Å². The van der Waals surface area contributed by atoms with Crippen LogP contribution in [0.3, 0.4) is 0 Å². The standard InChI is InChI=1S/C15H18N2O2S/c1-10-4-5-14(19-3)13(8-10)16-9-15-12(6-7-20-15)17-11(2)18/h4-8,16H,9H2,1-3H3,(H,17,18). The first-order valence-corrected chi connectivity index (χ1v) is 7.20. The largest absolute Gasteiger partial charge is 0.495 e. The van der Waals surface area contributed by atoms with Crippen molar-refractivity contribution in [2.24, 2.45) is 0 Å². The summed E-state index contributed by atoms with van der Waals surface area (Å²) >= 11 is 1.61. The third-order valence-electron chi connectivity index (χ3n) is 2.85. The maximum atomic E-state index is 11.1. The highest BCUT2D eigenvalue weighted by Crippen LogP contribution is 2.28. The lowest BCUT2D eigenvalue weighted by atomic mass is 10.2. The smallest absolute Gasteiger partial charge is 0.221 e. The van der Waals surface area contributed by atoms with Crippen molar-refractivity contribution >= 4 is 28.6 Å². The van der Waals surface area contributed by atoms with E-state index in [1.807, 2.05) is 36.6 Å². The van der Waals surface area contributed by atoms with Gasteiger partial charge in [-0.1, -0.05) is 6.07 Å². The Morgan fingerprint density at radius 3 is 2.80 bits per heavy atom. The van der Waals surface area contributed by atoms with Crippen molar-refractivity contribution in [1.29, 1.82) is 0 Å². The topological polar surface area (TPSA) is 50.4 Å². The molecule has 1 amide bonds. The van der Waals surface area contributed by atoms with Crippen molar-refractivity contribution in [2.45, 2.75) is 20.4 Å². The van der Waals surface area contributed by atoms with Gasteiger partial charge in [-0.3, -0.25) is 4.79 Å². The molecular weight excluding hydrogens is 272 g/mol. The van der Waals surface area contributed by atoms with Gasteiger partial charge in [-0.15, -0.1) is 11.3 Å². The number of carbonyl (C=O) groups excluding carboxylic acids is 1. The molecule has 0 bridgehead atoms. The summed E-state index contributed by atoms with van der Waals surface area (Å²) in [4.78, 5) is 12.2. The van der Waals surface area contributed by atoms with Gasteiger partial charge in [-0.2, -0.15) is 0 Å². The lowest BCUT2D eigenvalue weighted by Crippen LogP contribution is -2.08. The third-order valence-corrected chi connectivity index (χ3v) is 3.77. The molecule has 0 radical (unpaired) electrons. The van der Waals surface area contributed by atoms with Crippen molar-refractivity contribution in [3.8, 4) is 5.75 Å². The Bertz CT molecular complexity index is 608. The summed E-state index contributed by atoms with van der Waals surface area (Å²) < 4.78 is 5.34. The zero-order chi connectivity index (χ0) is 14.5. The Balaban J connectivity index is 2.11. The molecule has 0 saturated heterocycles. The fraction of sp³-hybridized carbons (Fsp3) is 0.267. The molecule has 1 heterocycles. The molecule has 1 aromatic carbocycles. The quantitative estimate of drug-likeness (QED) is 0.884. The highest BCUT2D eigenvalue weighted by molar-refractivity contribution is 7.10. The molecule has 4 nitrogen and oxygen atoms in total. The zero-order valence-corrected chi connectivity index (χ0v) is 12.6. The number of hydrogen-bond donors (Lipinski definition) is 2. The summed E-state index contributed by atoms with van der Waals surface area (Å²) in [5.41, 5.74) is 2.98.